The fourth-order valence-electron chi connectivity index (χ4n) is 4.34. The monoisotopic (exact) mass is 417 g/mol. The van der Waals surface area contributed by atoms with E-state index in [2.05, 4.69) is 10.2 Å². The van der Waals surface area contributed by atoms with Gasteiger partial charge in [0.15, 0.2) is 0 Å². The molecule has 2 heterocycles. The Bertz CT molecular complexity index is 693. The molecule has 0 spiro atoms. The Morgan fingerprint density at radius 2 is 1.86 bits per heavy atom. The van der Waals surface area contributed by atoms with Gasteiger partial charge in [0.1, 0.15) is 5.82 Å². The van der Waals surface area contributed by atoms with Crippen LogP contribution < -0.4 is 5.32 Å². The van der Waals surface area contributed by atoms with Gasteiger partial charge in [0.05, 0.1) is 18.7 Å². The molecule has 2 N–H and O–H groups in total. The summed E-state index contributed by atoms with van der Waals surface area (Å²) in [5.41, 5.74) is 0.133. The van der Waals surface area contributed by atoms with Crippen LogP contribution in [0, 0.1) is 5.82 Å². The van der Waals surface area contributed by atoms with Crippen LogP contribution >= 0.6 is 0 Å². The van der Waals surface area contributed by atoms with E-state index in [9.17, 15) is 27.5 Å². The molecule has 5 nitrogen and oxygen atoms in total. The van der Waals surface area contributed by atoms with E-state index in [-0.39, 0.29) is 30.1 Å². The van der Waals surface area contributed by atoms with Gasteiger partial charge in [0, 0.05) is 18.2 Å². The van der Waals surface area contributed by atoms with Crippen LogP contribution in [-0.2, 0) is 4.79 Å². The van der Waals surface area contributed by atoms with Gasteiger partial charge in [0.2, 0.25) is 5.91 Å². The van der Waals surface area contributed by atoms with Gasteiger partial charge in [-0.15, -0.1) is 0 Å². The van der Waals surface area contributed by atoms with Crippen LogP contribution in [0.3, 0.4) is 0 Å². The molecular formula is C20H27F4N3O2. The zero-order valence-electron chi connectivity index (χ0n) is 16.2. The Kier molecular flexibility index (Phi) is 7.13. The molecule has 2 fully saturated rings. The number of likely N-dealkylation sites (tertiary alicyclic amines) is 2. The number of piperidine rings is 1. The van der Waals surface area contributed by atoms with Crippen LogP contribution in [0.5, 0.6) is 0 Å². The molecule has 2 saturated heterocycles. The highest BCUT2D eigenvalue weighted by molar-refractivity contribution is 5.82. The van der Waals surface area contributed by atoms with Crippen molar-refractivity contribution < 1.29 is 27.5 Å². The highest BCUT2D eigenvalue weighted by Crippen LogP contribution is 2.28. The molecule has 0 aliphatic carbocycles. The highest BCUT2D eigenvalue weighted by atomic mass is 19.4. The summed E-state index contributed by atoms with van der Waals surface area (Å²) in [6, 6.07) is 5.59. The molecule has 162 valence electrons. The Labute approximate surface area is 167 Å². The first-order valence-electron chi connectivity index (χ1n) is 9.99. The van der Waals surface area contributed by atoms with Crippen LogP contribution in [0.25, 0.3) is 0 Å². The number of hydrogen-bond donors (Lipinski definition) is 2. The zero-order chi connectivity index (χ0) is 21.0. The molecule has 0 unspecified atom stereocenters. The van der Waals surface area contributed by atoms with E-state index in [1.54, 1.807) is 6.07 Å². The van der Waals surface area contributed by atoms with Gasteiger partial charge < -0.3 is 10.4 Å². The molecule has 1 amide bonds. The molecule has 29 heavy (non-hydrogen) atoms. The molecule has 1 aromatic rings. The third-order valence-electron chi connectivity index (χ3n) is 5.76. The van der Waals surface area contributed by atoms with Crippen molar-refractivity contribution in [3.63, 3.8) is 0 Å². The second-order valence-corrected chi connectivity index (χ2v) is 7.80. The molecule has 3 rings (SSSR count). The van der Waals surface area contributed by atoms with Crippen molar-refractivity contribution in [1.29, 1.82) is 0 Å². The summed E-state index contributed by atoms with van der Waals surface area (Å²) >= 11 is 0. The predicted molar refractivity (Wildman–Crippen MR) is 99.6 cm³/mol. The Morgan fingerprint density at radius 1 is 1.17 bits per heavy atom. The van der Waals surface area contributed by atoms with Gasteiger partial charge in [-0.2, -0.15) is 13.2 Å². The van der Waals surface area contributed by atoms with Gasteiger partial charge in [-0.3, -0.25) is 14.6 Å². The second-order valence-electron chi connectivity index (χ2n) is 7.80. The molecular weight excluding hydrogens is 390 g/mol. The van der Waals surface area contributed by atoms with Crippen LogP contribution in [0.4, 0.5) is 17.6 Å². The molecule has 0 bridgehead atoms. The predicted octanol–water partition coefficient (Wildman–Crippen LogP) is 2.47. The number of halogens is 4. The summed E-state index contributed by atoms with van der Waals surface area (Å²) in [6.07, 6.45) is -2.63. The third kappa shape index (κ3) is 5.90. The van der Waals surface area contributed by atoms with Gasteiger partial charge in [0.25, 0.3) is 0 Å². The maximum absolute atomic E-state index is 13.7. The number of nitrogens with one attached hydrogen (secondary N) is 1. The van der Waals surface area contributed by atoms with Crippen LogP contribution in [0.2, 0.25) is 0 Å². The largest absolute Gasteiger partial charge is 0.401 e. The minimum absolute atomic E-state index is 0.0780. The summed E-state index contributed by atoms with van der Waals surface area (Å²) in [4.78, 5) is 16.1. The minimum atomic E-state index is -4.19. The molecule has 2 aliphatic rings. The summed E-state index contributed by atoms with van der Waals surface area (Å²) in [7, 11) is 0. The summed E-state index contributed by atoms with van der Waals surface area (Å²) in [6.45, 7) is 0.478. The van der Waals surface area contributed by atoms with Crippen molar-refractivity contribution >= 4 is 5.91 Å². The second kappa shape index (κ2) is 9.40. The summed E-state index contributed by atoms with van der Waals surface area (Å²) < 4.78 is 51.4. The van der Waals surface area contributed by atoms with Gasteiger partial charge in [-0.05, 0) is 51.4 Å². The average molecular weight is 417 g/mol. The molecule has 2 aliphatic heterocycles. The number of carbonyl (C=O) groups is 1. The lowest BCUT2D eigenvalue weighted by molar-refractivity contribution is -0.149. The summed E-state index contributed by atoms with van der Waals surface area (Å²) in [5.74, 6) is -0.752. The maximum atomic E-state index is 13.7. The molecule has 0 saturated carbocycles. The fourth-order valence-corrected chi connectivity index (χ4v) is 4.34. The van der Waals surface area contributed by atoms with E-state index in [4.69, 9.17) is 0 Å². The molecule has 1 aromatic carbocycles. The van der Waals surface area contributed by atoms with Crippen molar-refractivity contribution in [1.82, 2.24) is 15.1 Å². The van der Waals surface area contributed by atoms with Gasteiger partial charge >= 0.3 is 6.18 Å². The number of benzene rings is 1. The van der Waals surface area contributed by atoms with Crippen molar-refractivity contribution in [3.8, 4) is 0 Å². The van der Waals surface area contributed by atoms with Gasteiger partial charge in [-0.25, -0.2) is 4.39 Å². The Morgan fingerprint density at radius 3 is 2.52 bits per heavy atom. The quantitative estimate of drug-likeness (QED) is 0.699. The standard InChI is InChI=1S/C20H27F4N3O2/c21-16-5-2-1-4-15(16)18(28)12-25-19(29)17-6-3-9-27(17)14-7-10-26(11-8-14)13-20(22,23)24/h1-2,4-5,14,17-18,28H,3,6-13H2,(H,25,29)/t17-,18-/m1/s1. The minimum Gasteiger partial charge on any atom is -0.386 e. The molecule has 0 radical (unpaired) electrons. The van der Waals surface area contributed by atoms with E-state index >= 15 is 0 Å². The van der Waals surface area contributed by atoms with Gasteiger partial charge in [-0.1, -0.05) is 18.2 Å². The fraction of sp³-hybridized carbons (Fsp3) is 0.650. The van der Waals surface area contributed by atoms with Crippen LogP contribution in [0.1, 0.15) is 37.4 Å². The number of aliphatic hydroxyl groups excluding tert-OH is 1. The number of carbonyl (C=O) groups excluding carboxylic acids is 1. The smallest absolute Gasteiger partial charge is 0.386 e. The SMILES string of the molecule is O=C(NC[C@@H](O)c1ccccc1F)[C@H]1CCCN1C1CCN(CC(F)(F)F)CC1. The average Bonchev–Trinajstić information content (AvgIpc) is 3.15. The lowest BCUT2D eigenvalue weighted by atomic mass is 10.0. The number of hydrogen-bond acceptors (Lipinski definition) is 4. The third-order valence-corrected chi connectivity index (χ3v) is 5.76. The summed E-state index contributed by atoms with van der Waals surface area (Å²) in [5, 5.41) is 12.9. The first kappa shape index (κ1) is 22.0. The Balaban J connectivity index is 1.50. The lowest BCUT2D eigenvalue weighted by Crippen LogP contribution is -2.52. The number of rotatable bonds is 6. The van der Waals surface area contributed by atoms with E-state index < -0.39 is 24.6 Å². The zero-order valence-corrected chi connectivity index (χ0v) is 16.2. The van der Waals surface area contributed by atoms with Crippen molar-refractivity contribution in [2.24, 2.45) is 0 Å². The van der Waals surface area contributed by atoms with Crippen LogP contribution in [0.15, 0.2) is 24.3 Å². The topological polar surface area (TPSA) is 55.8 Å². The van der Waals surface area contributed by atoms with E-state index in [0.29, 0.717) is 32.4 Å². The highest BCUT2D eigenvalue weighted by Gasteiger charge is 2.38. The number of aliphatic hydroxyl groups is 1. The lowest BCUT2D eigenvalue weighted by Gasteiger charge is -2.39. The van der Waals surface area contributed by atoms with E-state index in [1.807, 2.05) is 0 Å². The van der Waals surface area contributed by atoms with Crippen LogP contribution in [-0.4, -0.2) is 71.8 Å². The maximum Gasteiger partial charge on any atom is 0.401 e. The Hall–Kier alpha value is -1.71. The normalized spacial score (nSPS) is 23.3. The number of nitrogens with zero attached hydrogens (tertiary/aromatic N) is 2. The first-order chi connectivity index (χ1) is 13.7. The first-order valence-corrected chi connectivity index (χ1v) is 9.99. The molecule has 9 heteroatoms. The van der Waals surface area contributed by atoms with E-state index in [0.717, 1.165) is 13.0 Å². The number of alkyl halides is 3. The van der Waals surface area contributed by atoms with Crippen molar-refractivity contribution in [2.45, 2.75) is 50.0 Å². The number of amides is 1. The van der Waals surface area contributed by atoms with Crippen molar-refractivity contribution in [3.05, 3.63) is 35.6 Å². The molecule has 2 atom stereocenters. The van der Waals surface area contributed by atoms with E-state index in [1.165, 1.54) is 23.1 Å². The molecule has 0 aromatic heterocycles. The van der Waals surface area contributed by atoms with Crippen molar-refractivity contribution in [2.75, 3.05) is 32.7 Å².